The molecule has 1 fully saturated rings. The molecule has 4 heteroatoms. The van der Waals surface area contributed by atoms with Gasteiger partial charge in [0.1, 0.15) is 0 Å². The number of carbonyl (C=O) groups is 1. The molecule has 1 saturated carbocycles. The molecule has 2 atom stereocenters. The third-order valence-corrected chi connectivity index (χ3v) is 4.58. The van der Waals surface area contributed by atoms with Gasteiger partial charge in [0, 0.05) is 0 Å². The molecule has 0 unspecified atom stereocenters. The molecule has 2 rings (SSSR count). The zero-order valence-corrected chi connectivity index (χ0v) is 17.2. The average molecular weight is 350 g/mol. The van der Waals surface area contributed by atoms with Crippen molar-refractivity contribution in [3.63, 3.8) is 0 Å². The van der Waals surface area contributed by atoms with Crippen molar-refractivity contribution in [3.8, 4) is 0 Å². The zero-order chi connectivity index (χ0) is 17.2. The molecule has 25 heavy (non-hydrogen) atoms. The number of aliphatic hydroxyl groups excluding tert-OH is 1. The predicted octanol–water partition coefficient (Wildman–Crippen LogP) is 0.187. The second-order valence-corrected chi connectivity index (χ2v) is 6.66. The van der Waals surface area contributed by atoms with Gasteiger partial charge < -0.3 is 15.0 Å². The molecular formula is C21H27NaO3. The zero-order valence-electron chi connectivity index (χ0n) is 15.2. The van der Waals surface area contributed by atoms with E-state index in [1.807, 2.05) is 12.1 Å². The van der Waals surface area contributed by atoms with E-state index in [9.17, 15) is 15.0 Å². The topological polar surface area (TPSA) is 60.4 Å². The molecule has 130 valence electrons. The van der Waals surface area contributed by atoms with Crippen molar-refractivity contribution in [2.24, 2.45) is 5.92 Å². The summed E-state index contributed by atoms with van der Waals surface area (Å²) < 4.78 is 0. The summed E-state index contributed by atoms with van der Waals surface area (Å²) in [6, 6.07) is 10.4. The van der Waals surface area contributed by atoms with E-state index in [1.54, 1.807) is 0 Å². The van der Waals surface area contributed by atoms with Crippen molar-refractivity contribution in [3.05, 3.63) is 59.7 Å². The average Bonchev–Trinajstić information content (AvgIpc) is 2.58. The largest absolute Gasteiger partial charge is 1.00 e. The van der Waals surface area contributed by atoms with Gasteiger partial charge in [-0.15, -0.1) is 0 Å². The van der Waals surface area contributed by atoms with Crippen LogP contribution in [-0.2, 0) is 11.2 Å². The van der Waals surface area contributed by atoms with Gasteiger partial charge in [-0.05, 0) is 62.5 Å². The molecule has 1 aliphatic carbocycles. The van der Waals surface area contributed by atoms with Gasteiger partial charge in [0.05, 0.1) is 12.1 Å². The number of carbonyl (C=O) groups excluding carboxylic acids is 1. The number of aliphatic hydroxyl groups is 1. The van der Waals surface area contributed by atoms with Crippen LogP contribution < -0.4 is 34.7 Å². The third kappa shape index (κ3) is 9.41. The number of benzene rings is 1. The molecule has 0 amide bonds. The molecule has 1 aromatic carbocycles. The summed E-state index contributed by atoms with van der Waals surface area (Å²) in [5.41, 5.74) is 2.30. The van der Waals surface area contributed by atoms with Crippen LogP contribution in [0.2, 0.25) is 0 Å². The van der Waals surface area contributed by atoms with Gasteiger partial charge in [0.15, 0.2) is 0 Å². The Bertz CT molecular complexity index is 566. The smallest absolute Gasteiger partial charge is 0.545 e. The first kappa shape index (κ1) is 22.2. The van der Waals surface area contributed by atoms with Crippen molar-refractivity contribution in [2.45, 2.75) is 57.5 Å². The number of unbranched alkanes of at least 4 members (excludes halogenated alkanes) is 1. The maximum atomic E-state index is 10.6. The number of rotatable bonds is 8. The molecule has 0 saturated heterocycles. The number of aliphatic carboxylic acids is 1. The Morgan fingerprint density at radius 2 is 2.04 bits per heavy atom. The van der Waals surface area contributed by atoms with Gasteiger partial charge in [-0.2, -0.15) is 0 Å². The van der Waals surface area contributed by atoms with E-state index >= 15 is 0 Å². The summed E-state index contributed by atoms with van der Waals surface area (Å²) >= 11 is 0. The fourth-order valence-electron chi connectivity index (χ4n) is 3.30. The molecule has 0 aromatic heterocycles. The number of hydrogen-bond acceptors (Lipinski definition) is 3. The van der Waals surface area contributed by atoms with Crippen molar-refractivity contribution in [2.75, 3.05) is 0 Å². The van der Waals surface area contributed by atoms with Crippen molar-refractivity contribution in [1.29, 1.82) is 0 Å². The van der Waals surface area contributed by atoms with Crippen molar-refractivity contribution in [1.82, 2.24) is 0 Å². The Balaban J connectivity index is 0.00000312. The van der Waals surface area contributed by atoms with Crippen LogP contribution in [0.4, 0.5) is 0 Å². The Labute approximate surface area is 173 Å². The Hall–Kier alpha value is -0.870. The van der Waals surface area contributed by atoms with E-state index in [-0.39, 0.29) is 29.6 Å². The van der Waals surface area contributed by atoms with Crippen LogP contribution in [0.15, 0.2) is 54.1 Å². The van der Waals surface area contributed by atoms with Crippen molar-refractivity contribution < 1.29 is 44.6 Å². The van der Waals surface area contributed by atoms with Crippen LogP contribution in [0.3, 0.4) is 0 Å². The summed E-state index contributed by atoms with van der Waals surface area (Å²) in [6.07, 6.45) is 12.4. The predicted molar refractivity (Wildman–Crippen MR) is 94.2 cm³/mol. The summed E-state index contributed by atoms with van der Waals surface area (Å²) in [7, 11) is 0. The standard InChI is InChI=1S/C21H28O3.Na/c22-20(12-5-4-9-17-7-2-1-3-8-17)14-13-18-10-6-11-19(15-18)16-21(23)24;/h1-3,7-8,13-14,16,18,20,22H,4-6,9-12,15H2,(H,23,24);/q;+1/p-1/b14-13+,19-16-;/t18-,20+;/m1./s1. The molecular weight excluding hydrogens is 323 g/mol. The number of carboxylic acids is 1. The van der Waals surface area contributed by atoms with E-state index in [4.69, 9.17) is 0 Å². The van der Waals surface area contributed by atoms with Crippen LogP contribution >= 0.6 is 0 Å². The molecule has 0 aliphatic heterocycles. The van der Waals surface area contributed by atoms with Gasteiger partial charge >= 0.3 is 29.6 Å². The molecule has 0 heterocycles. The summed E-state index contributed by atoms with van der Waals surface area (Å²) in [5.74, 6) is -0.767. The second kappa shape index (κ2) is 12.5. The third-order valence-electron chi connectivity index (χ3n) is 4.58. The minimum absolute atomic E-state index is 0. The fraction of sp³-hybridized carbons (Fsp3) is 0.476. The Morgan fingerprint density at radius 3 is 2.76 bits per heavy atom. The van der Waals surface area contributed by atoms with E-state index in [0.717, 1.165) is 56.9 Å². The number of carboxylic acid groups (broad SMARTS) is 1. The van der Waals surface area contributed by atoms with Crippen LogP contribution in [0.25, 0.3) is 0 Å². The monoisotopic (exact) mass is 350 g/mol. The fourth-order valence-corrected chi connectivity index (χ4v) is 3.30. The van der Waals surface area contributed by atoms with Gasteiger partial charge in [-0.25, -0.2) is 0 Å². The van der Waals surface area contributed by atoms with E-state index in [0.29, 0.717) is 5.92 Å². The van der Waals surface area contributed by atoms with Gasteiger partial charge in [-0.1, -0.05) is 54.5 Å². The van der Waals surface area contributed by atoms with E-state index in [1.165, 1.54) is 11.6 Å². The van der Waals surface area contributed by atoms with Gasteiger partial charge in [0.25, 0.3) is 0 Å². The molecule has 0 bridgehead atoms. The summed E-state index contributed by atoms with van der Waals surface area (Å²) in [6.45, 7) is 0. The van der Waals surface area contributed by atoms with Crippen LogP contribution in [0.1, 0.15) is 50.5 Å². The van der Waals surface area contributed by atoms with Gasteiger partial charge in [-0.3, -0.25) is 0 Å². The normalized spacial score (nSPS) is 20.4. The second-order valence-electron chi connectivity index (χ2n) is 6.66. The number of hydrogen-bond donors (Lipinski definition) is 1. The Kier molecular flexibility index (Phi) is 11.1. The first-order valence-corrected chi connectivity index (χ1v) is 8.94. The molecule has 0 radical (unpaired) electrons. The summed E-state index contributed by atoms with van der Waals surface area (Å²) in [4.78, 5) is 10.6. The summed E-state index contributed by atoms with van der Waals surface area (Å²) in [5, 5.41) is 20.7. The van der Waals surface area contributed by atoms with E-state index < -0.39 is 12.1 Å². The molecule has 3 nitrogen and oxygen atoms in total. The van der Waals surface area contributed by atoms with Gasteiger partial charge in [0.2, 0.25) is 0 Å². The maximum Gasteiger partial charge on any atom is 1.00 e. The molecule has 1 aromatic rings. The minimum Gasteiger partial charge on any atom is -0.545 e. The van der Waals surface area contributed by atoms with Crippen LogP contribution in [-0.4, -0.2) is 17.2 Å². The molecule has 1 aliphatic rings. The quantitative estimate of drug-likeness (QED) is 0.315. The maximum absolute atomic E-state index is 10.6. The van der Waals surface area contributed by atoms with Crippen LogP contribution in [0, 0.1) is 5.92 Å². The first-order chi connectivity index (χ1) is 11.6. The van der Waals surface area contributed by atoms with E-state index in [2.05, 4.69) is 30.3 Å². The molecule has 1 N–H and O–H groups in total. The number of aryl methyl sites for hydroxylation is 1. The minimum atomic E-state index is -1.10. The Morgan fingerprint density at radius 1 is 1.28 bits per heavy atom. The van der Waals surface area contributed by atoms with Crippen molar-refractivity contribution >= 4 is 5.97 Å². The number of allylic oxidation sites excluding steroid dienone is 2. The van der Waals surface area contributed by atoms with Crippen LogP contribution in [0.5, 0.6) is 0 Å². The first-order valence-electron chi connectivity index (χ1n) is 8.94. The molecule has 0 spiro atoms. The SMILES string of the molecule is O=C([O-])/C=C1/CCC[C@H](/C=C/[C@@H](O)CCCCc2ccccc2)C1.[Na+].